The summed E-state index contributed by atoms with van der Waals surface area (Å²) in [7, 11) is 3.09. The SMILES string of the molecule is COc1cc2ccccc2cc1C1=C(c2c[nH]c3ccccc23)C(=O)N(C)C1=O. The molecule has 3 aromatic carbocycles. The number of likely N-dealkylation sites (N-methyl/N-ethyl adjacent to an activating group) is 1. The topological polar surface area (TPSA) is 62.4 Å². The number of imide groups is 1. The zero-order chi connectivity index (χ0) is 20.1. The number of amides is 2. The number of nitrogens with zero attached hydrogens (tertiary/aromatic N) is 1. The molecule has 0 fully saturated rings. The molecule has 2 amide bonds. The number of hydrogen-bond donors (Lipinski definition) is 1. The van der Waals surface area contributed by atoms with E-state index in [1.165, 1.54) is 11.9 Å². The summed E-state index contributed by atoms with van der Waals surface area (Å²) in [6, 6.07) is 19.4. The molecule has 5 rings (SSSR count). The van der Waals surface area contributed by atoms with Crippen LogP contribution < -0.4 is 4.74 Å². The summed E-state index contributed by atoms with van der Waals surface area (Å²) in [6.45, 7) is 0. The van der Waals surface area contributed by atoms with E-state index in [1.54, 1.807) is 13.3 Å². The van der Waals surface area contributed by atoms with E-state index < -0.39 is 0 Å². The van der Waals surface area contributed by atoms with Crippen LogP contribution in [0.3, 0.4) is 0 Å². The third-order valence-electron chi connectivity index (χ3n) is 5.48. The lowest BCUT2D eigenvalue weighted by atomic mass is 9.93. The van der Waals surface area contributed by atoms with Gasteiger partial charge in [-0.2, -0.15) is 0 Å². The number of aromatic nitrogens is 1. The smallest absolute Gasteiger partial charge is 0.262 e. The van der Waals surface area contributed by atoms with Crippen molar-refractivity contribution in [3.05, 3.63) is 78.0 Å². The molecule has 1 aromatic heterocycles. The number of fused-ring (bicyclic) bond motifs is 2. The number of ether oxygens (including phenoxy) is 1. The lowest BCUT2D eigenvalue weighted by Gasteiger charge is -2.12. The Balaban J connectivity index is 1.86. The van der Waals surface area contributed by atoms with Crippen molar-refractivity contribution in [3.63, 3.8) is 0 Å². The molecule has 29 heavy (non-hydrogen) atoms. The van der Waals surface area contributed by atoms with Gasteiger partial charge in [0, 0.05) is 35.3 Å². The fraction of sp³-hybridized carbons (Fsp3) is 0.0833. The molecule has 0 aliphatic carbocycles. The first-order valence-electron chi connectivity index (χ1n) is 9.30. The predicted octanol–water partition coefficient (Wildman–Crippen LogP) is 4.24. The van der Waals surface area contributed by atoms with Crippen molar-refractivity contribution in [3.8, 4) is 5.75 Å². The lowest BCUT2D eigenvalue weighted by Crippen LogP contribution is -2.26. The maximum atomic E-state index is 13.1. The van der Waals surface area contributed by atoms with Gasteiger partial charge in [0.25, 0.3) is 11.8 Å². The van der Waals surface area contributed by atoms with Crippen LogP contribution in [0, 0.1) is 0 Å². The highest BCUT2D eigenvalue weighted by atomic mass is 16.5. The van der Waals surface area contributed by atoms with Crippen molar-refractivity contribution in [2.75, 3.05) is 14.2 Å². The second-order valence-corrected chi connectivity index (χ2v) is 7.07. The van der Waals surface area contributed by atoms with Crippen molar-refractivity contribution < 1.29 is 14.3 Å². The number of carbonyl (C=O) groups is 2. The van der Waals surface area contributed by atoms with E-state index in [0.717, 1.165) is 21.7 Å². The number of carbonyl (C=O) groups excluding carboxylic acids is 2. The number of para-hydroxylation sites is 1. The molecule has 2 heterocycles. The summed E-state index contributed by atoms with van der Waals surface area (Å²) in [5.74, 6) is -0.0821. The van der Waals surface area contributed by atoms with Gasteiger partial charge in [-0.3, -0.25) is 14.5 Å². The van der Waals surface area contributed by atoms with Crippen molar-refractivity contribution in [2.45, 2.75) is 0 Å². The van der Waals surface area contributed by atoms with E-state index in [9.17, 15) is 9.59 Å². The zero-order valence-electron chi connectivity index (χ0n) is 16.0. The molecule has 1 aliphatic rings. The van der Waals surface area contributed by atoms with Crippen LogP contribution in [-0.2, 0) is 9.59 Å². The zero-order valence-corrected chi connectivity index (χ0v) is 16.0. The van der Waals surface area contributed by atoms with Gasteiger partial charge in [0.2, 0.25) is 0 Å². The van der Waals surface area contributed by atoms with Gasteiger partial charge in [0.1, 0.15) is 5.75 Å². The molecule has 0 saturated heterocycles. The van der Waals surface area contributed by atoms with Crippen LogP contribution in [0.5, 0.6) is 5.75 Å². The first-order valence-corrected chi connectivity index (χ1v) is 9.30. The largest absolute Gasteiger partial charge is 0.496 e. The summed E-state index contributed by atoms with van der Waals surface area (Å²) < 4.78 is 5.61. The van der Waals surface area contributed by atoms with Gasteiger partial charge in [-0.25, -0.2) is 0 Å². The molecule has 1 N–H and O–H groups in total. The van der Waals surface area contributed by atoms with Crippen LogP contribution in [0.4, 0.5) is 0 Å². The molecule has 4 aromatic rings. The third kappa shape index (κ3) is 2.48. The molecule has 0 bridgehead atoms. The Labute approximate surface area is 167 Å². The second-order valence-electron chi connectivity index (χ2n) is 7.07. The van der Waals surface area contributed by atoms with Gasteiger partial charge < -0.3 is 9.72 Å². The Kier molecular flexibility index (Phi) is 3.77. The molecule has 5 nitrogen and oxygen atoms in total. The van der Waals surface area contributed by atoms with Crippen LogP contribution in [0.25, 0.3) is 32.8 Å². The average Bonchev–Trinajstić information content (AvgIpc) is 3.27. The summed E-state index contributed by atoms with van der Waals surface area (Å²) in [5.41, 5.74) is 3.01. The van der Waals surface area contributed by atoms with Crippen LogP contribution in [-0.4, -0.2) is 35.9 Å². The monoisotopic (exact) mass is 382 g/mol. The molecule has 0 saturated carbocycles. The Morgan fingerprint density at radius 2 is 1.45 bits per heavy atom. The van der Waals surface area contributed by atoms with E-state index in [-0.39, 0.29) is 11.8 Å². The molecule has 1 aliphatic heterocycles. The van der Waals surface area contributed by atoms with Crippen LogP contribution in [0.2, 0.25) is 0 Å². The molecule has 0 spiro atoms. The van der Waals surface area contributed by atoms with E-state index >= 15 is 0 Å². The summed E-state index contributed by atoms with van der Waals surface area (Å²) in [5, 5.41) is 2.88. The highest BCUT2D eigenvalue weighted by Gasteiger charge is 2.39. The molecule has 5 heteroatoms. The number of rotatable bonds is 3. The highest BCUT2D eigenvalue weighted by Crippen LogP contribution is 2.42. The van der Waals surface area contributed by atoms with Gasteiger partial charge in [0.05, 0.1) is 18.3 Å². The minimum atomic E-state index is -0.330. The van der Waals surface area contributed by atoms with E-state index in [1.807, 2.05) is 60.7 Å². The summed E-state index contributed by atoms with van der Waals surface area (Å²) >= 11 is 0. The van der Waals surface area contributed by atoms with E-state index in [4.69, 9.17) is 4.74 Å². The summed E-state index contributed by atoms with van der Waals surface area (Å²) in [6.07, 6.45) is 1.79. The highest BCUT2D eigenvalue weighted by molar-refractivity contribution is 6.50. The molecule has 0 atom stereocenters. The molecule has 0 unspecified atom stereocenters. The fourth-order valence-corrected chi connectivity index (χ4v) is 4.00. The minimum absolute atomic E-state index is 0.315. The van der Waals surface area contributed by atoms with Gasteiger partial charge in [-0.15, -0.1) is 0 Å². The Hall–Kier alpha value is -3.86. The van der Waals surface area contributed by atoms with Gasteiger partial charge >= 0.3 is 0 Å². The van der Waals surface area contributed by atoms with Crippen molar-refractivity contribution in [1.82, 2.24) is 9.88 Å². The van der Waals surface area contributed by atoms with Gasteiger partial charge in [-0.05, 0) is 29.0 Å². The maximum absolute atomic E-state index is 13.1. The number of nitrogens with one attached hydrogen (secondary N) is 1. The predicted molar refractivity (Wildman–Crippen MR) is 113 cm³/mol. The number of hydrogen-bond acceptors (Lipinski definition) is 3. The molecule has 142 valence electrons. The average molecular weight is 382 g/mol. The molecular weight excluding hydrogens is 364 g/mol. The number of H-pyrrole nitrogens is 1. The van der Waals surface area contributed by atoms with Gasteiger partial charge in [-0.1, -0.05) is 42.5 Å². The first kappa shape index (κ1) is 17.3. The Morgan fingerprint density at radius 3 is 2.17 bits per heavy atom. The number of aromatic amines is 1. The molecule has 0 radical (unpaired) electrons. The number of methoxy groups -OCH3 is 1. The standard InChI is InChI=1S/C24H18N2O3/c1-26-23(27)21(17-11-14-7-3-4-8-15(14)12-20(17)29-2)22(24(26)28)18-13-25-19-10-6-5-9-16(18)19/h3-13,25H,1-2H3. The van der Waals surface area contributed by atoms with Crippen LogP contribution >= 0.6 is 0 Å². The fourth-order valence-electron chi connectivity index (χ4n) is 4.00. The van der Waals surface area contributed by atoms with Crippen molar-refractivity contribution in [2.24, 2.45) is 0 Å². The van der Waals surface area contributed by atoms with E-state index in [2.05, 4.69) is 4.98 Å². The second kappa shape index (κ2) is 6.34. The maximum Gasteiger partial charge on any atom is 0.262 e. The molecular formula is C24H18N2O3. The Bertz CT molecular complexity index is 1350. The van der Waals surface area contributed by atoms with Crippen molar-refractivity contribution >= 4 is 44.6 Å². The number of benzene rings is 3. The van der Waals surface area contributed by atoms with Crippen molar-refractivity contribution in [1.29, 1.82) is 0 Å². The van der Waals surface area contributed by atoms with Crippen LogP contribution in [0.15, 0.2) is 66.9 Å². The van der Waals surface area contributed by atoms with Crippen LogP contribution in [0.1, 0.15) is 11.1 Å². The summed E-state index contributed by atoms with van der Waals surface area (Å²) in [4.78, 5) is 30.6. The lowest BCUT2D eigenvalue weighted by molar-refractivity contribution is -0.134. The van der Waals surface area contributed by atoms with Gasteiger partial charge in [0.15, 0.2) is 0 Å². The first-order chi connectivity index (χ1) is 14.1. The minimum Gasteiger partial charge on any atom is -0.496 e. The van der Waals surface area contributed by atoms with E-state index in [0.29, 0.717) is 28.0 Å². The quantitative estimate of drug-likeness (QED) is 0.539. The normalized spacial score (nSPS) is 14.5. The third-order valence-corrected chi connectivity index (χ3v) is 5.48. The Morgan fingerprint density at radius 1 is 0.828 bits per heavy atom.